The summed E-state index contributed by atoms with van der Waals surface area (Å²) in [6.45, 7) is 3.95. The van der Waals surface area contributed by atoms with E-state index in [9.17, 15) is 9.59 Å². The Balaban J connectivity index is 1.63. The molecule has 2 aromatic heterocycles. The van der Waals surface area contributed by atoms with E-state index in [4.69, 9.17) is 0 Å². The maximum absolute atomic E-state index is 12.5. The first kappa shape index (κ1) is 16.4. The third-order valence-electron chi connectivity index (χ3n) is 4.13. The van der Waals surface area contributed by atoms with E-state index in [1.165, 1.54) is 22.1 Å². The van der Waals surface area contributed by atoms with Crippen molar-refractivity contribution in [2.24, 2.45) is 0 Å². The first-order valence-corrected chi connectivity index (χ1v) is 8.95. The zero-order valence-corrected chi connectivity index (χ0v) is 15.1. The number of carbonyl (C=O) groups is 1. The summed E-state index contributed by atoms with van der Waals surface area (Å²) in [4.78, 5) is 33.2. The van der Waals surface area contributed by atoms with E-state index >= 15 is 0 Å². The van der Waals surface area contributed by atoms with Gasteiger partial charge in [0.2, 0.25) is 5.91 Å². The number of aromatic nitrogens is 3. The fraction of sp³-hybridized carbons (Fsp3) is 0.158. The lowest BCUT2D eigenvalue weighted by Gasteiger charge is -2.08. The summed E-state index contributed by atoms with van der Waals surface area (Å²) in [5.41, 5.74) is 4.12. The number of benzene rings is 2. The SMILES string of the molecule is Cc1cc(C)c2nc(NC(=O)Cn3c(=O)cnc4ccccc43)sc2c1. The van der Waals surface area contributed by atoms with Crippen LogP contribution in [-0.4, -0.2) is 20.4 Å². The minimum Gasteiger partial charge on any atom is -0.300 e. The van der Waals surface area contributed by atoms with Crippen LogP contribution in [0.1, 0.15) is 11.1 Å². The average molecular weight is 364 g/mol. The Hall–Kier alpha value is -3.06. The second-order valence-electron chi connectivity index (χ2n) is 6.17. The summed E-state index contributed by atoms with van der Waals surface area (Å²) in [6.07, 6.45) is 1.24. The lowest BCUT2D eigenvalue weighted by Crippen LogP contribution is -2.27. The van der Waals surface area contributed by atoms with Crippen molar-refractivity contribution < 1.29 is 4.79 Å². The van der Waals surface area contributed by atoms with Gasteiger partial charge in [0.1, 0.15) is 6.54 Å². The minimum atomic E-state index is -0.311. The topological polar surface area (TPSA) is 76.9 Å². The molecule has 0 radical (unpaired) electrons. The Labute approximate surface area is 153 Å². The van der Waals surface area contributed by atoms with Gasteiger partial charge in [0.25, 0.3) is 5.56 Å². The molecule has 0 aliphatic carbocycles. The van der Waals surface area contributed by atoms with Gasteiger partial charge in [-0.1, -0.05) is 29.5 Å². The number of rotatable bonds is 3. The molecule has 0 saturated carbocycles. The van der Waals surface area contributed by atoms with E-state index in [1.54, 1.807) is 6.07 Å². The van der Waals surface area contributed by atoms with E-state index in [-0.39, 0.29) is 18.0 Å². The second-order valence-corrected chi connectivity index (χ2v) is 7.20. The van der Waals surface area contributed by atoms with Gasteiger partial charge in [-0.05, 0) is 43.2 Å². The molecule has 4 rings (SSSR count). The number of anilines is 1. The van der Waals surface area contributed by atoms with Crippen molar-refractivity contribution in [3.63, 3.8) is 0 Å². The van der Waals surface area contributed by atoms with Gasteiger partial charge in [-0.2, -0.15) is 0 Å². The van der Waals surface area contributed by atoms with Crippen molar-refractivity contribution in [2.45, 2.75) is 20.4 Å². The van der Waals surface area contributed by atoms with Crippen molar-refractivity contribution in [1.82, 2.24) is 14.5 Å². The van der Waals surface area contributed by atoms with Crippen LogP contribution in [0.4, 0.5) is 5.13 Å². The van der Waals surface area contributed by atoms with E-state index in [0.29, 0.717) is 16.2 Å². The summed E-state index contributed by atoms with van der Waals surface area (Å²) in [5.74, 6) is -0.295. The molecule has 0 bridgehead atoms. The molecule has 0 atom stereocenters. The maximum Gasteiger partial charge on any atom is 0.269 e. The van der Waals surface area contributed by atoms with Gasteiger partial charge in [-0.3, -0.25) is 14.2 Å². The van der Waals surface area contributed by atoms with Crippen molar-refractivity contribution in [1.29, 1.82) is 0 Å². The number of nitrogens with zero attached hydrogens (tertiary/aromatic N) is 3. The quantitative estimate of drug-likeness (QED) is 0.605. The first-order valence-electron chi connectivity index (χ1n) is 8.13. The molecule has 0 unspecified atom stereocenters. The molecule has 130 valence electrons. The van der Waals surface area contributed by atoms with Crippen molar-refractivity contribution in [2.75, 3.05) is 5.32 Å². The molecule has 7 heteroatoms. The number of amides is 1. The molecule has 1 amide bonds. The van der Waals surface area contributed by atoms with Gasteiger partial charge in [0.15, 0.2) is 5.13 Å². The second kappa shape index (κ2) is 6.34. The fourth-order valence-corrected chi connectivity index (χ4v) is 4.06. The molecule has 4 aromatic rings. The third-order valence-corrected chi connectivity index (χ3v) is 5.05. The van der Waals surface area contributed by atoms with E-state index < -0.39 is 0 Å². The molecular weight excluding hydrogens is 348 g/mol. The van der Waals surface area contributed by atoms with Gasteiger partial charge >= 0.3 is 0 Å². The van der Waals surface area contributed by atoms with Crippen molar-refractivity contribution in [3.8, 4) is 0 Å². The monoisotopic (exact) mass is 364 g/mol. The van der Waals surface area contributed by atoms with Crippen LogP contribution in [0.25, 0.3) is 21.3 Å². The van der Waals surface area contributed by atoms with Crippen LogP contribution >= 0.6 is 11.3 Å². The van der Waals surface area contributed by atoms with E-state index in [2.05, 4.69) is 27.4 Å². The Morgan fingerprint density at radius 2 is 2.04 bits per heavy atom. The Morgan fingerprint density at radius 3 is 2.88 bits per heavy atom. The van der Waals surface area contributed by atoms with Crippen LogP contribution < -0.4 is 10.9 Å². The van der Waals surface area contributed by atoms with Crippen LogP contribution in [0.5, 0.6) is 0 Å². The van der Waals surface area contributed by atoms with Crippen LogP contribution in [0.15, 0.2) is 47.4 Å². The molecule has 1 N–H and O–H groups in total. The van der Waals surface area contributed by atoms with E-state index in [0.717, 1.165) is 21.3 Å². The lowest BCUT2D eigenvalue weighted by atomic mass is 10.1. The predicted octanol–water partition coefficient (Wildman–Crippen LogP) is 3.26. The van der Waals surface area contributed by atoms with Gasteiger partial charge in [-0.25, -0.2) is 9.97 Å². The molecule has 6 nitrogen and oxygen atoms in total. The highest BCUT2D eigenvalue weighted by Crippen LogP contribution is 2.29. The normalized spacial score (nSPS) is 11.2. The predicted molar refractivity (Wildman–Crippen MR) is 104 cm³/mol. The number of carbonyl (C=O) groups excluding carboxylic acids is 1. The minimum absolute atomic E-state index is 0.0875. The molecular formula is C19H16N4O2S. The van der Waals surface area contributed by atoms with Crippen molar-refractivity contribution >= 4 is 43.6 Å². The number of aryl methyl sites for hydroxylation is 2. The lowest BCUT2D eigenvalue weighted by molar-refractivity contribution is -0.116. The maximum atomic E-state index is 12.5. The average Bonchev–Trinajstić information content (AvgIpc) is 3.00. The first-order chi connectivity index (χ1) is 12.5. The zero-order chi connectivity index (χ0) is 18.3. The number of thiazole rings is 1. The summed E-state index contributed by atoms with van der Waals surface area (Å²) >= 11 is 1.43. The largest absolute Gasteiger partial charge is 0.300 e. The summed E-state index contributed by atoms with van der Waals surface area (Å²) in [6, 6.07) is 11.4. The molecule has 0 aliphatic rings. The van der Waals surface area contributed by atoms with Crippen LogP contribution in [0.3, 0.4) is 0 Å². The van der Waals surface area contributed by atoms with Gasteiger partial charge < -0.3 is 5.32 Å². The highest BCUT2D eigenvalue weighted by atomic mass is 32.1. The van der Waals surface area contributed by atoms with Gasteiger partial charge in [0, 0.05) is 0 Å². The molecule has 0 spiro atoms. The van der Waals surface area contributed by atoms with Crippen molar-refractivity contribution in [3.05, 3.63) is 64.1 Å². The fourth-order valence-electron chi connectivity index (χ4n) is 3.00. The van der Waals surface area contributed by atoms with Crippen LogP contribution in [-0.2, 0) is 11.3 Å². The molecule has 2 aromatic carbocycles. The Kier molecular flexibility index (Phi) is 4.00. The smallest absolute Gasteiger partial charge is 0.269 e. The zero-order valence-electron chi connectivity index (χ0n) is 14.3. The summed E-state index contributed by atoms with van der Waals surface area (Å²) in [7, 11) is 0. The molecule has 2 heterocycles. The molecule has 0 saturated heterocycles. The van der Waals surface area contributed by atoms with Gasteiger partial charge in [0.05, 0.1) is 27.4 Å². The standard InChI is InChI=1S/C19H16N4O2S/c1-11-7-12(2)18-15(8-11)26-19(22-18)21-16(24)10-23-14-6-4-3-5-13(14)20-9-17(23)25/h3-9H,10H2,1-2H3,(H,21,22,24). The number of fused-ring (bicyclic) bond motifs is 2. The van der Waals surface area contributed by atoms with Crippen LogP contribution in [0, 0.1) is 13.8 Å². The summed E-state index contributed by atoms with van der Waals surface area (Å²) < 4.78 is 2.45. The number of hydrogen-bond acceptors (Lipinski definition) is 5. The third kappa shape index (κ3) is 2.97. The number of hydrogen-bond donors (Lipinski definition) is 1. The molecule has 26 heavy (non-hydrogen) atoms. The van der Waals surface area contributed by atoms with Gasteiger partial charge in [-0.15, -0.1) is 0 Å². The molecule has 0 aliphatic heterocycles. The number of nitrogens with one attached hydrogen (secondary N) is 1. The van der Waals surface area contributed by atoms with Crippen LogP contribution in [0.2, 0.25) is 0 Å². The Bertz CT molecular complexity index is 1210. The number of para-hydroxylation sites is 2. The highest BCUT2D eigenvalue weighted by molar-refractivity contribution is 7.22. The van der Waals surface area contributed by atoms with E-state index in [1.807, 2.05) is 32.0 Å². The Morgan fingerprint density at radius 1 is 1.23 bits per heavy atom. The summed E-state index contributed by atoms with van der Waals surface area (Å²) in [5, 5.41) is 3.34. The highest BCUT2D eigenvalue weighted by Gasteiger charge is 2.12. The molecule has 0 fully saturated rings.